The molecule has 186 valence electrons. The third-order valence-corrected chi connectivity index (χ3v) is 6.93. The molecule has 2 aromatic rings. The molecular weight excluding hydrogens is 420 g/mol. The summed E-state index contributed by atoms with van der Waals surface area (Å²) in [5.41, 5.74) is 2.29. The number of nitrogens with zero attached hydrogens (tertiary/aromatic N) is 1. The minimum atomic E-state index is 0.209. The second kappa shape index (κ2) is 14.8. The number of fused-ring (bicyclic) bond motifs is 1. The van der Waals surface area contributed by atoms with Gasteiger partial charge >= 0.3 is 0 Å². The molecule has 1 saturated heterocycles. The van der Waals surface area contributed by atoms with E-state index in [2.05, 4.69) is 48.8 Å². The standard InChI is InChI=1S/C30H44N2O2/c1-3-4-5-6-7-8-9-10-11-12-13-14-15-16-17-30(33)32-24-28(25-20-21-31-23-25)27-22-26(34-2)18-19-29(27)32/h7-10,18-19,22,24-25,31H,3-6,11-17,20-21,23H2,1-2H3/b8-7-,10-9-. The van der Waals surface area contributed by atoms with Crippen LogP contribution in [-0.2, 0) is 0 Å². The van der Waals surface area contributed by atoms with E-state index in [1.807, 2.05) is 16.7 Å². The molecule has 1 aromatic carbocycles. The van der Waals surface area contributed by atoms with E-state index >= 15 is 0 Å². The first-order valence-corrected chi connectivity index (χ1v) is 13.5. The number of benzene rings is 1. The molecule has 4 nitrogen and oxygen atoms in total. The van der Waals surface area contributed by atoms with Crippen LogP contribution in [0.25, 0.3) is 10.9 Å². The Morgan fingerprint density at radius 1 is 1.06 bits per heavy atom. The van der Waals surface area contributed by atoms with Crippen molar-refractivity contribution in [2.45, 2.75) is 89.9 Å². The zero-order chi connectivity index (χ0) is 24.0. The molecule has 1 unspecified atom stereocenters. The second-order valence-electron chi connectivity index (χ2n) is 9.58. The van der Waals surface area contributed by atoms with E-state index in [1.54, 1.807) is 7.11 Å². The summed E-state index contributed by atoms with van der Waals surface area (Å²) >= 11 is 0. The zero-order valence-corrected chi connectivity index (χ0v) is 21.4. The minimum absolute atomic E-state index is 0.209. The van der Waals surface area contributed by atoms with Crippen LogP contribution >= 0.6 is 0 Å². The molecule has 1 N–H and O–H groups in total. The summed E-state index contributed by atoms with van der Waals surface area (Å²) in [4.78, 5) is 13.1. The molecule has 1 fully saturated rings. The fourth-order valence-electron chi connectivity index (χ4n) is 4.86. The van der Waals surface area contributed by atoms with Crippen LogP contribution < -0.4 is 10.1 Å². The number of rotatable bonds is 15. The number of ether oxygens (including phenoxy) is 1. The monoisotopic (exact) mass is 464 g/mol. The van der Waals surface area contributed by atoms with Crippen molar-refractivity contribution in [2.75, 3.05) is 20.2 Å². The molecule has 1 atom stereocenters. The molecule has 0 radical (unpaired) electrons. The second-order valence-corrected chi connectivity index (χ2v) is 9.58. The fraction of sp³-hybridized carbons (Fsp3) is 0.567. The van der Waals surface area contributed by atoms with Gasteiger partial charge in [0.2, 0.25) is 5.91 Å². The molecule has 3 rings (SSSR count). The van der Waals surface area contributed by atoms with Crippen LogP contribution in [0.15, 0.2) is 48.7 Å². The Kier molecular flexibility index (Phi) is 11.5. The lowest BCUT2D eigenvalue weighted by Crippen LogP contribution is -2.09. The molecule has 1 aliphatic rings. The van der Waals surface area contributed by atoms with Gasteiger partial charge in [-0.2, -0.15) is 0 Å². The van der Waals surface area contributed by atoms with Gasteiger partial charge in [-0.15, -0.1) is 0 Å². The van der Waals surface area contributed by atoms with Gasteiger partial charge < -0.3 is 10.1 Å². The van der Waals surface area contributed by atoms with Crippen molar-refractivity contribution in [3.63, 3.8) is 0 Å². The summed E-state index contributed by atoms with van der Waals surface area (Å²) in [5, 5.41) is 4.61. The normalized spacial score (nSPS) is 16.4. The van der Waals surface area contributed by atoms with E-state index in [4.69, 9.17) is 4.74 Å². The molecule has 0 aliphatic carbocycles. The Balaban J connectivity index is 1.39. The Bertz CT molecular complexity index is 935. The first-order chi connectivity index (χ1) is 16.7. The highest BCUT2D eigenvalue weighted by Crippen LogP contribution is 2.33. The van der Waals surface area contributed by atoms with Gasteiger partial charge in [-0.1, -0.05) is 63.3 Å². The lowest BCUT2D eigenvalue weighted by molar-refractivity contribution is 0.0904. The maximum atomic E-state index is 13.1. The predicted molar refractivity (Wildman–Crippen MR) is 144 cm³/mol. The fourth-order valence-corrected chi connectivity index (χ4v) is 4.86. The average Bonchev–Trinajstić information content (AvgIpc) is 3.51. The largest absolute Gasteiger partial charge is 0.497 e. The van der Waals surface area contributed by atoms with Crippen molar-refractivity contribution in [3.05, 3.63) is 54.3 Å². The van der Waals surface area contributed by atoms with E-state index in [0.29, 0.717) is 12.3 Å². The third-order valence-electron chi connectivity index (χ3n) is 6.93. The van der Waals surface area contributed by atoms with Gasteiger partial charge in [0.25, 0.3) is 0 Å². The van der Waals surface area contributed by atoms with Crippen LogP contribution in [0.5, 0.6) is 5.75 Å². The molecule has 1 aromatic heterocycles. The van der Waals surface area contributed by atoms with E-state index in [1.165, 1.54) is 50.5 Å². The smallest absolute Gasteiger partial charge is 0.231 e. The molecule has 0 amide bonds. The number of aromatic nitrogens is 1. The number of nitrogens with one attached hydrogen (secondary N) is 1. The van der Waals surface area contributed by atoms with Crippen molar-refractivity contribution >= 4 is 16.8 Å². The summed E-state index contributed by atoms with van der Waals surface area (Å²) in [7, 11) is 1.70. The maximum absolute atomic E-state index is 13.1. The van der Waals surface area contributed by atoms with Crippen molar-refractivity contribution in [3.8, 4) is 5.75 Å². The molecule has 4 heteroatoms. The summed E-state index contributed by atoms with van der Waals surface area (Å²) < 4.78 is 7.34. The van der Waals surface area contributed by atoms with Gasteiger partial charge in [-0.05, 0) is 74.8 Å². The third kappa shape index (κ3) is 7.87. The Hall–Kier alpha value is -2.33. The molecule has 1 aliphatic heterocycles. The molecular formula is C30H44N2O2. The van der Waals surface area contributed by atoms with Crippen LogP contribution in [0.1, 0.15) is 100 Å². The van der Waals surface area contributed by atoms with Crippen molar-refractivity contribution in [1.29, 1.82) is 0 Å². The molecule has 34 heavy (non-hydrogen) atoms. The minimum Gasteiger partial charge on any atom is -0.497 e. The number of hydrogen-bond acceptors (Lipinski definition) is 3. The molecule has 2 heterocycles. The highest BCUT2D eigenvalue weighted by Gasteiger charge is 2.23. The van der Waals surface area contributed by atoms with Gasteiger partial charge in [0, 0.05) is 24.5 Å². The van der Waals surface area contributed by atoms with Crippen molar-refractivity contribution in [2.24, 2.45) is 0 Å². The van der Waals surface area contributed by atoms with Gasteiger partial charge in [0.1, 0.15) is 5.75 Å². The zero-order valence-electron chi connectivity index (χ0n) is 21.4. The van der Waals surface area contributed by atoms with E-state index < -0.39 is 0 Å². The number of hydrogen-bond donors (Lipinski definition) is 1. The van der Waals surface area contributed by atoms with Crippen molar-refractivity contribution < 1.29 is 9.53 Å². The highest BCUT2D eigenvalue weighted by molar-refractivity contribution is 5.95. The van der Waals surface area contributed by atoms with Gasteiger partial charge in [-0.25, -0.2) is 0 Å². The predicted octanol–water partition coefficient (Wildman–Crippen LogP) is 7.79. The van der Waals surface area contributed by atoms with Crippen LogP contribution in [0.2, 0.25) is 0 Å². The quantitative estimate of drug-likeness (QED) is 0.216. The Labute approximate surface area is 206 Å². The molecule has 0 saturated carbocycles. The Morgan fingerprint density at radius 2 is 1.79 bits per heavy atom. The topological polar surface area (TPSA) is 43.3 Å². The lowest BCUT2D eigenvalue weighted by atomic mass is 9.98. The van der Waals surface area contributed by atoms with Crippen LogP contribution in [0, 0.1) is 0 Å². The maximum Gasteiger partial charge on any atom is 0.231 e. The number of methoxy groups -OCH3 is 1. The summed E-state index contributed by atoms with van der Waals surface area (Å²) in [6.45, 7) is 4.27. The summed E-state index contributed by atoms with van der Waals surface area (Å²) in [5.74, 6) is 1.53. The number of unbranched alkanes of at least 4 members (excludes halogenated alkanes) is 8. The van der Waals surface area contributed by atoms with Crippen LogP contribution in [0.4, 0.5) is 0 Å². The SMILES string of the molecule is CCCCC/C=C\C=C/CCCCCCCC(=O)n1cc(C2CCNC2)c2cc(OC)ccc21. The van der Waals surface area contributed by atoms with E-state index in [-0.39, 0.29) is 5.91 Å². The average molecular weight is 465 g/mol. The molecule has 0 spiro atoms. The first kappa shape index (κ1) is 26.3. The van der Waals surface area contributed by atoms with Crippen LogP contribution in [-0.4, -0.2) is 30.7 Å². The summed E-state index contributed by atoms with van der Waals surface area (Å²) in [6, 6.07) is 6.08. The lowest BCUT2D eigenvalue weighted by Gasteiger charge is -2.07. The molecule has 0 bridgehead atoms. The van der Waals surface area contributed by atoms with Gasteiger partial charge in [-0.3, -0.25) is 9.36 Å². The summed E-state index contributed by atoms with van der Waals surface area (Å²) in [6.07, 6.45) is 24.8. The van der Waals surface area contributed by atoms with Gasteiger partial charge in [0.05, 0.1) is 12.6 Å². The van der Waals surface area contributed by atoms with E-state index in [9.17, 15) is 4.79 Å². The number of carbonyl (C=O) groups excluding carboxylic acids is 1. The number of carbonyl (C=O) groups is 1. The Morgan fingerprint density at radius 3 is 2.50 bits per heavy atom. The van der Waals surface area contributed by atoms with E-state index in [0.717, 1.165) is 55.4 Å². The van der Waals surface area contributed by atoms with Gasteiger partial charge in [0.15, 0.2) is 0 Å². The van der Waals surface area contributed by atoms with Crippen LogP contribution in [0.3, 0.4) is 0 Å². The van der Waals surface area contributed by atoms with Crippen molar-refractivity contribution in [1.82, 2.24) is 9.88 Å². The first-order valence-electron chi connectivity index (χ1n) is 13.5. The number of allylic oxidation sites excluding steroid dienone is 4. The highest BCUT2D eigenvalue weighted by atomic mass is 16.5.